The fourth-order valence-corrected chi connectivity index (χ4v) is 6.48. The van der Waals surface area contributed by atoms with E-state index in [4.69, 9.17) is 4.74 Å². The number of rotatable bonds is 2. The minimum absolute atomic E-state index is 0.156. The lowest BCUT2D eigenvalue weighted by Gasteiger charge is -2.44. The highest BCUT2D eigenvalue weighted by Gasteiger charge is 2.47. The maximum Gasteiger partial charge on any atom is 0.119 e. The number of fused-ring (bicyclic) bond motifs is 2. The van der Waals surface area contributed by atoms with E-state index in [0.29, 0.717) is 12.8 Å². The molecule has 2 atom stereocenters. The summed E-state index contributed by atoms with van der Waals surface area (Å²) in [4.78, 5) is 0. The molecule has 116 valence electrons. The van der Waals surface area contributed by atoms with Crippen LogP contribution in [0.15, 0.2) is 12.1 Å². The van der Waals surface area contributed by atoms with Crippen molar-refractivity contribution in [3.05, 3.63) is 28.8 Å². The van der Waals surface area contributed by atoms with Crippen LogP contribution in [-0.4, -0.2) is 26.9 Å². The van der Waals surface area contributed by atoms with E-state index in [2.05, 4.69) is 0 Å². The molecule has 0 amide bonds. The van der Waals surface area contributed by atoms with Crippen molar-refractivity contribution < 1.29 is 14.1 Å². The molecule has 0 aliphatic carbocycles. The van der Waals surface area contributed by atoms with Crippen LogP contribution in [0.2, 0.25) is 0 Å². The Balaban J connectivity index is 2.02. The first-order valence-corrected chi connectivity index (χ1v) is 8.99. The highest BCUT2D eigenvalue weighted by molar-refractivity contribution is 7.86. The van der Waals surface area contributed by atoms with Gasteiger partial charge in [0.1, 0.15) is 5.75 Å². The summed E-state index contributed by atoms with van der Waals surface area (Å²) in [5, 5.41) is 11.6. The molecule has 0 saturated carbocycles. The molecule has 3 rings (SSSR count). The van der Waals surface area contributed by atoms with Gasteiger partial charge in [0, 0.05) is 21.3 Å². The van der Waals surface area contributed by atoms with Crippen molar-refractivity contribution in [1.29, 1.82) is 0 Å². The van der Waals surface area contributed by atoms with Gasteiger partial charge in [-0.1, -0.05) is 6.42 Å². The topological polar surface area (TPSA) is 46.5 Å². The third kappa shape index (κ3) is 2.53. The van der Waals surface area contributed by atoms with Gasteiger partial charge >= 0.3 is 0 Å². The number of aliphatic hydroxyl groups is 1. The van der Waals surface area contributed by atoms with Gasteiger partial charge in [-0.05, 0) is 68.4 Å². The maximum atomic E-state index is 12.4. The smallest absolute Gasteiger partial charge is 0.119 e. The standard InChI is InChI=1S/C17H24O3S/c1-11-7-13(20-3)8-12(2)16(11)17(18)9-14-5-4-6-15(10-17)21(14)19/h7-8,14-15,18H,4-6,9-10H2,1-3H3. The van der Waals surface area contributed by atoms with E-state index in [1.165, 1.54) is 0 Å². The highest BCUT2D eigenvalue weighted by Crippen LogP contribution is 2.46. The van der Waals surface area contributed by atoms with Crippen molar-refractivity contribution in [1.82, 2.24) is 0 Å². The summed E-state index contributed by atoms with van der Waals surface area (Å²) < 4.78 is 17.7. The van der Waals surface area contributed by atoms with E-state index in [0.717, 1.165) is 41.7 Å². The van der Waals surface area contributed by atoms with Gasteiger partial charge in [-0.25, -0.2) is 0 Å². The first kappa shape index (κ1) is 15.0. The Morgan fingerprint density at radius 2 is 1.71 bits per heavy atom. The quantitative estimate of drug-likeness (QED) is 0.913. The summed E-state index contributed by atoms with van der Waals surface area (Å²) in [6, 6.07) is 3.98. The minimum atomic E-state index is -0.829. The van der Waals surface area contributed by atoms with Crippen LogP contribution in [0.1, 0.15) is 48.8 Å². The molecule has 3 nitrogen and oxygen atoms in total. The molecule has 21 heavy (non-hydrogen) atoms. The second-order valence-electron chi connectivity index (χ2n) is 6.58. The van der Waals surface area contributed by atoms with Gasteiger partial charge in [-0.3, -0.25) is 4.21 Å². The van der Waals surface area contributed by atoms with E-state index in [1.807, 2.05) is 26.0 Å². The number of hydrogen-bond acceptors (Lipinski definition) is 3. The molecule has 2 fully saturated rings. The normalized spacial score (nSPS) is 35.5. The molecule has 2 aliphatic rings. The summed E-state index contributed by atoms with van der Waals surface area (Å²) in [6.45, 7) is 4.06. The van der Waals surface area contributed by atoms with Crippen LogP contribution in [-0.2, 0) is 16.4 Å². The first-order chi connectivity index (χ1) is 9.94. The lowest BCUT2D eigenvalue weighted by atomic mass is 9.77. The van der Waals surface area contributed by atoms with Crippen LogP contribution in [0, 0.1) is 13.8 Å². The fraction of sp³-hybridized carbons (Fsp3) is 0.647. The Hall–Kier alpha value is -0.870. The molecular formula is C17H24O3S. The minimum Gasteiger partial charge on any atom is -0.497 e. The average Bonchev–Trinajstić information content (AvgIpc) is 2.40. The molecule has 1 aromatic rings. The molecule has 1 aromatic carbocycles. The number of methoxy groups -OCH3 is 1. The maximum absolute atomic E-state index is 12.4. The van der Waals surface area contributed by atoms with Crippen molar-refractivity contribution in [2.24, 2.45) is 0 Å². The largest absolute Gasteiger partial charge is 0.497 e. The SMILES string of the molecule is COc1cc(C)c(C2(O)CC3CCCC(C2)S3=O)c(C)c1. The van der Waals surface area contributed by atoms with Crippen molar-refractivity contribution in [3.63, 3.8) is 0 Å². The molecule has 2 bridgehead atoms. The fourth-order valence-electron chi connectivity index (χ4n) is 4.26. The molecule has 0 radical (unpaired) electrons. The summed E-state index contributed by atoms with van der Waals surface area (Å²) >= 11 is 0. The molecule has 0 spiro atoms. The van der Waals surface area contributed by atoms with Crippen LogP contribution in [0.5, 0.6) is 5.75 Å². The third-order valence-corrected chi connectivity index (χ3v) is 7.17. The molecule has 2 saturated heterocycles. The Kier molecular flexibility index (Phi) is 3.87. The van der Waals surface area contributed by atoms with Gasteiger partial charge < -0.3 is 9.84 Å². The van der Waals surface area contributed by atoms with Crippen LogP contribution >= 0.6 is 0 Å². The third-order valence-electron chi connectivity index (χ3n) is 5.05. The zero-order chi connectivity index (χ0) is 15.2. The van der Waals surface area contributed by atoms with Gasteiger partial charge in [-0.15, -0.1) is 0 Å². The number of aryl methyl sites for hydroxylation is 2. The van der Waals surface area contributed by atoms with E-state index in [1.54, 1.807) is 7.11 Å². The molecule has 4 heteroatoms. The molecule has 0 aromatic heterocycles. The van der Waals surface area contributed by atoms with Crippen molar-refractivity contribution in [2.75, 3.05) is 7.11 Å². The Bertz CT molecular complexity index is 542. The van der Waals surface area contributed by atoms with Crippen LogP contribution < -0.4 is 4.74 Å². The lowest BCUT2D eigenvalue weighted by molar-refractivity contribution is 0.00539. The van der Waals surface area contributed by atoms with Crippen LogP contribution in [0.3, 0.4) is 0 Å². The van der Waals surface area contributed by atoms with Crippen molar-refractivity contribution >= 4 is 10.8 Å². The Labute approximate surface area is 129 Å². The van der Waals surface area contributed by atoms with Gasteiger partial charge in [-0.2, -0.15) is 0 Å². The van der Waals surface area contributed by atoms with Gasteiger partial charge in [0.05, 0.1) is 12.7 Å². The predicted molar refractivity (Wildman–Crippen MR) is 85.2 cm³/mol. The highest BCUT2D eigenvalue weighted by atomic mass is 32.2. The van der Waals surface area contributed by atoms with Crippen LogP contribution in [0.4, 0.5) is 0 Å². The van der Waals surface area contributed by atoms with Crippen molar-refractivity contribution in [2.45, 2.75) is 62.1 Å². The Morgan fingerprint density at radius 1 is 1.19 bits per heavy atom. The molecular weight excluding hydrogens is 284 g/mol. The summed E-state index contributed by atoms with van der Waals surface area (Å²) in [6.07, 6.45) is 4.38. The van der Waals surface area contributed by atoms with E-state index in [-0.39, 0.29) is 10.5 Å². The number of hydrogen-bond donors (Lipinski definition) is 1. The van der Waals surface area contributed by atoms with Gasteiger partial charge in [0.15, 0.2) is 0 Å². The lowest BCUT2D eigenvalue weighted by Crippen LogP contribution is -2.47. The van der Waals surface area contributed by atoms with Gasteiger partial charge in [0.25, 0.3) is 0 Å². The number of benzene rings is 1. The van der Waals surface area contributed by atoms with Crippen molar-refractivity contribution in [3.8, 4) is 5.75 Å². The molecule has 2 aliphatic heterocycles. The summed E-state index contributed by atoms with van der Waals surface area (Å²) in [5.41, 5.74) is 2.33. The van der Waals surface area contributed by atoms with E-state index >= 15 is 0 Å². The first-order valence-electron chi connectivity index (χ1n) is 7.72. The Morgan fingerprint density at radius 3 is 2.19 bits per heavy atom. The van der Waals surface area contributed by atoms with Crippen LogP contribution in [0.25, 0.3) is 0 Å². The van der Waals surface area contributed by atoms with E-state index in [9.17, 15) is 9.32 Å². The zero-order valence-corrected chi connectivity index (χ0v) is 13.8. The average molecular weight is 308 g/mol. The summed E-state index contributed by atoms with van der Waals surface area (Å²) in [5.74, 6) is 0.830. The number of ether oxygens (including phenoxy) is 1. The second kappa shape index (κ2) is 5.40. The molecule has 2 unspecified atom stereocenters. The molecule has 2 heterocycles. The van der Waals surface area contributed by atoms with Gasteiger partial charge in [0.2, 0.25) is 0 Å². The predicted octanol–water partition coefficient (Wildman–Crippen LogP) is 2.96. The summed E-state index contributed by atoms with van der Waals surface area (Å²) in [7, 11) is 0.903. The van der Waals surface area contributed by atoms with E-state index < -0.39 is 16.4 Å². The second-order valence-corrected chi connectivity index (χ2v) is 8.57. The molecule has 1 N–H and O–H groups in total. The zero-order valence-electron chi connectivity index (χ0n) is 13.0. The monoisotopic (exact) mass is 308 g/mol.